The van der Waals surface area contributed by atoms with Gasteiger partial charge in [-0.1, -0.05) is 18.6 Å². The standard InChI is InChI=1S/C21H25FN2O4S/c1-15(16-6-9-18(22)10-7-16)23-21(25)17-8-11-19(28-2)20(14-17)29(26,27)24-12-4-3-5-13-24/h6-11,14-15H,3-5,12-13H2,1-2H3,(H,23,25). The molecule has 2 aromatic carbocycles. The van der Waals surface area contributed by atoms with E-state index in [1.807, 2.05) is 0 Å². The average Bonchev–Trinajstić information content (AvgIpc) is 2.74. The lowest BCUT2D eigenvalue weighted by molar-refractivity contribution is 0.0939. The summed E-state index contributed by atoms with van der Waals surface area (Å²) in [5.74, 6) is -0.562. The molecule has 1 unspecified atom stereocenters. The van der Waals surface area contributed by atoms with Gasteiger partial charge in [-0.15, -0.1) is 0 Å². The molecule has 0 aliphatic carbocycles. The van der Waals surface area contributed by atoms with Gasteiger partial charge >= 0.3 is 0 Å². The molecule has 1 heterocycles. The molecule has 1 saturated heterocycles. The van der Waals surface area contributed by atoms with Crippen LogP contribution in [-0.4, -0.2) is 38.8 Å². The number of amides is 1. The number of hydrogen-bond donors (Lipinski definition) is 1. The predicted molar refractivity (Wildman–Crippen MR) is 108 cm³/mol. The fourth-order valence-corrected chi connectivity index (χ4v) is 5.08. The molecule has 1 fully saturated rings. The molecule has 1 N–H and O–H groups in total. The van der Waals surface area contributed by atoms with Gasteiger partial charge in [-0.05, 0) is 55.7 Å². The highest BCUT2D eigenvalue weighted by Crippen LogP contribution is 2.29. The molecule has 1 amide bonds. The van der Waals surface area contributed by atoms with E-state index >= 15 is 0 Å². The maximum absolute atomic E-state index is 13.1. The van der Waals surface area contributed by atoms with Gasteiger partial charge in [-0.25, -0.2) is 12.8 Å². The van der Waals surface area contributed by atoms with Crippen molar-refractivity contribution in [3.63, 3.8) is 0 Å². The molecule has 0 bridgehead atoms. The number of sulfonamides is 1. The summed E-state index contributed by atoms with van der Waals surface area (Å²) >= 11 is 0. The van der Waals surface area contributed by atoms with Gasteiger partial charge in [-0.3, -0.25) is 4.79 Å². The number of halogens is 1. The van der Waals surface area contributed by atoms with Gasteiger partial charge in [0.1, 0.15) is 16.5 Å². The third-order valence-electron chi connectivity index (χ3n) is 5.08. The van der Waals surface area contributed by atoms with Gasteiger partial charge in [-0.2, -0.15) is 4.31 Å². The van der Waals surface area contributed by atoms with Crippen molar-refractivity contribution < 1.29 is 22.3 Å². The van der Waals surface area contributed by atoms with E-state index in [0.29, 0.717) is 13.1 Å². The molecule has 1 aliphatic rings. The first-order valence-electron chi connectivity index (χ1n) is 9.57. The van der Waals surface area contributed by atoms with E-state index in [1.54, 1.807) is 19.1 Å². The van der Waals surface area contributed by atoms with Crippen molar-refractivity contribution in [3.8, 4) is 5.75 Å². The normalized spacial score (nSPS) is 16.2. The minimum Gasteiger partial charge on any atom is -0.495 e. The van der Waals surface area contributed by atoms with Crippen molar-refractivity contribution in [2.45, 2.75) is 37.1 Å². The molecule has 156 valence electrons. The minimum absolute atomic E-state index is 0.0102. The van der Waals surface area contributed by atoms with E-state index in [9.17, 15) is 17.6 Å². The Morgan fingerprint density at radius 3 is 2.38 bits per heavy atom. The third kappa shape index (κ3) is 4.76. The largest absolute Gasteiger partial charge is 0.495 e. The molecule has 0 aromatic heterocycles. The van der Waals surface area contributed by atoms with E-state index in [-0.39, 0.29) is 28.1 Å². The molecule has 2 aromatic rings. The van der Waals surface area contributed by atoms with Gasteiger partial charge in [0.15, 0.2) is 0 Å². The Morgan fingerprint density at radius 1 is 1.10 bits per heavy atom. The number of nitrogens with one attached hydrogen (secondary N) is 1. The monoisotopic (exact) mass is 420 g/mol. The molecule has 0 radical (unpaired) electrons. The van der Waals surface area contributed by atoms with Crippen LogP contribution in [0.25, 0.3) is 0 Å². The lowest BCUT2D eigenvalue weighted by atomic mass is 10.1. The molecular weight excluding hydrogens is 395 g/mol. The van der Waals surface area contributed by atoms with Crippen LogP contribution in [0, 0.1) is 5.82 Å². The van der Waals surface area contributed by atoms with Crippen molar-refractivity contribution in [2.75, 3.05) is 20.2 Å². The number of carbonyl (C=O) groups excluding carboxylic acids is 1. The molecule has 1 aliphatic heterocycles. The lowest BCUT2D eigenvalue weighted by Gasteiger charge is -2.26. The van der Waals surface area contributed by atoms with Crippen molar-refractivity contribution in [3.05, 3.63) is 59.4 Å². The summed E-state index contributed by atoms with van der Waals surface area (Å²) < 4.78 is 46.0. The zero-order valence-electron chi connectivity index (χ0n) is 16.5. The van der Waals surface area contributed by atoms with Crippen molar-refractivity contribution >= 4 is 15.9 Å². The van der Waals surface area contributed by atoms with Crippen LogP contribution in [0.5, 0.6) is 5.75 Å². The van der Waals surface area contributed by atoms with Crippen LogP contribution in [0.3, 0.4) is 0 Å². The Bertz CT molecular complexity index is 971. The van der Waals surface area contributed by atoms with Crippen molar-refractivity contribution in [2.24, 2.45) is 0 Å². The number of methoxy groups -OCH3 is 1. The van der Waals surface area contributed by atoms with Gasteiger partial charge in [0, 0.05) is 18.7 Å². The maximum Gasteiger partial charge on any atom is 0.251 e. The van der Waals surface area contributed by atoms with Crippen LogP contribution >= 0.6 is 0 Å². The number of nitrogens with zero attached hydrogens (tertiary/aromatic N) is 1. The second-order valence-corrected chi connectivity index (χ2v) is 8.98. The summed E-state index contributed by atoms with van der Waals surface area (Å²) in [4.78, 5) is 12.7. The van der Waals surface area contributed by atoms with Crippen LogP contribution in [0.4, 0.5) is 4.39 Å². The molecule has 1 atom stereocenters. The smallest absolute Gasteiger partial charge is 0.251 e. The molecule has 8 heteroatoms. The molecule has 0 spiro atoms. The Hall–Kier alpha value is -2.45. The first kappa shape index (κ1) is 21.3. The van der Waals surface area contributed by atoms with Crippen LogP contribution < -0.4 is 10.1 Å². The summed E-state index contributed by atoms with van der Waals surface area (Å²) in [5, 5.41) is 2.82. The van der Waals surface area contributed by atoms with Crippen molar-refractivity contribution in [1.82, 2.24) is 9.62 Å². The molecule has 0 saturated carbocycles. The fourth-order valence-electron chi connectivity index (χ4n) is 3.38. The summed E-state index contributed by atoms with van der Waals surface area (Å²) in [6, 6.07) is 9.86. The predicted octanol–water partition coefficient (Wildman–Crippen LogP) is 3.50. The average molecular weight is 421 g/mol. The van der Waals surface area contributed by atoms with Crippen LogP contribution in [0.15, 0.2) is 47.4 Å². The number of rotatable bonds is 6. The number of benzene rings is 2. The van der Waals surface area contributed by atoms with Gasteiger partial charge in [0.25, 0.3) is 5.91 Å². The second kappa shape index (κ2) is 8.92. The number of carbonyl (C=O) groups is 1. The first-order chi connectivity index (χ1) is 13.8. The summed E-state index contributed by atoms with van der Waals surface area (Å²) in [6.45, 7) is 2.70. The highest BCUT2D eigenvalue weighted by molar-refractivity contribution is 7.89. The third-order valence-corrected chi connectivity index (χ3v) is 7.00. The minimum atomic E-state index is -3.76. The van der Waals surface area contributed by atoms with Gasteiger partial charge < -0.3 is 10.1 Å². The Balaban J connectivity index is 1.85. The summed E-state index contributed by atoms with van der Waals surface area (Å²) in [6.07, 6.45) is 2.64. The van der Waals surface area contributed by atoms with E-state index < -0.39 is 15.9 Å². The van der Waals surface area contributed by atoms with E-state index in [1.165, 1.54) is 41.7 Å². The number of hydrogen-bond acceptors (Lipinski definition) is 4. The van der Waals surface area contributed by atoms with Gasteiger partial charge in [0.05, 0.1) is 13.2 Å². The van der Waals surface area contributed by atoms with Crippen LogP contribution in [0.1, 0.15) is 48.1 Å². The summed E-state index contributed by atoms with van der Waals surface area (Å²) in [5.41, 5.74) is 0.963. The van der Waals surface area contributed by atoms with Crippen molar-refractivity contribution in [1.29, 1.82) is 0 Å². The SMILES string of the molecule is COc1ccc(C(=O)NC(C)c2ccc(F)cc2)cc1S(=O)(=O)N1CCCCC1. The highest BCUT2D eigenvalue weighted by Gasteiger charge is 2.29. The fraction of sp³-hybridized carbons (Fsp3) is 0.381. The second-order valence-electron chi connectivity index (χ2n) is 7.08. The zero-order chi connectivity index (χ0) is 21.0. The van der Waals surface area contributed by atoms with E-state index in [0.717, 1.165) is 24.8 Å². The zero-order valence-corrected chi connectivity index (χ0v) is 17.3. The number of ether oxygens (including phenoxy) is 1. The molecule has 29 heavy (non-hydrogen) atoms. The Kier molecular flexibility index (Phi) is 6.54. The number of piperidine rings is 1. The lowest BCUT2D eigenvalue weighted by Crippen LogP contribution is -2.36. The maximum atomic E-state index is 13.1. The quantitative estimate of drug-likeness (QED) is 0.776. The first-order valence-corrected chi connectivity index (χ1v) is 11.0. The van der Waals surface area contributed by atoms with E-state index in [4.69, 9.17) is 4.74 Å². The molecule has 3 rings (SSSR count). The Morgan fingerprint density at radius 2 is 1.76 bits per heavy atom. The van der Waals surface area contributed by atoms with Gasteiger partial charge in [0.2, 0.25) is 10.0 Å². The summed E-state index contributed by atoms with van der Waals surface area (Å²) in [7, 11) is -2.36. The molecule has 6 nitrogen and oxygen atoms in total. The van der Waals surface area contributed by atoms with Crippen LogP contribution in [0.2, 0.25) is 0 Å². The highest BCUT2D eigenvalue weighted by atomic mass is 32.2. The Labute approximate surface area is 170 Å². The van der Waals surface area contributed by atoms with E-state index in [2.05, 4.69) is 5.32 Å². The topological polar surface area (TPSA) is 75.7 Å². The molecular formula is C21H25FN2O4S. The van der Waals surface area contributed by atoms with Crippen LogP contribution in [-0.2, 0) is 10.0 Å².